The molecule has 0 atom stereocenters. The van der Waals surface area contributed by atoms with Crippen LogP contribution < -0.4 is 22.3 Å². The first-order valence-electron chi connectivity index (χ1n) is 5.43. The fraction of sp³-hybridized carbons (Fsp3) is 0.182. The summed E-state index contributed by atoms with van der Waals surface area (Å²) < 4.78 is 0. The van der Waals surface area contributed by atoms with Crippen molar-refractivity contribution in [2.24, 2.45) is 5.84 Å². The minimum Gasteiger partial charge on any atom is -0.368 e. The van der Waals surface area contributed by atoms with Crippen LogP contribution in [0.25, 0.3) is 0 Å². The molecule has 2 rings (SSSR count). The molecule has 0 aliphatic heterocycles. The van der Waals surface area contributed by atoms with Gasteiger partial charge in [0.1, 0.15) is 11.6 Å². The van der Waals surface area contributed by atoms with Gasteiger partial charge in [0.25, 0.3) is 0 Å². The van der Waals surface area contributed by atoms with Gasteiger partial charge in [-0.1, -0.05) is 0 Å². The number of hydrazine groups is 1. The highest BCUT2D eigenvalue weighted by molar-refractivity contribution is 5.50. The lowest BCUT2D eigenvalue weighted by atomic mass is 10.1. The molecule has 6 N–H and O–H groups in total. The Labute approximate surface area is 105 Å². The molecule has 18 heavy (non-hydrogen) atoms. The molecule has 0 radical (unpaired) electrons. The Morgan fingerprint density at radius 3 is 2.78 bits per heavy atom. The molecule has 94 valence electrons. The van der Waals surface area contributed by atoms with Crippen LogP contribution in [0.3, 0.4) is 0 Å². The van der Waals surface area contributed by atoms with E-state index in [0.29, 0.717) is 18.2 Å². The lowest BCUT2D eigenvalue weighted by Gasteiger charge is -2.09. The molecule has 0 unspecified atom stereocenters. The second kappa shape index (κ2) is 5.28. The predicted molar refractivity (Wildman–Crippen MR) is 70.6 cm³/mol. The zero-order valence-corrected chi connectivity index (χ0v) is 10.0. The molecule has 0 fully saturated rings. The van der Waals surface area contributed by atoms with Gasteiger partial charge in [0.2, 0.25) is 5.95 Å². The molecule has 0 aromatic carbocycles. The molecule has 2 aromatic rings. The second-order valence-electron chi connectivity index (χ2n) is 3.80. The van der Waals surface area contributed by atoms with Gasteiger partial charge in [-0.3, -0.25) is 4.98 Å². The summed E-state index contributed by atoms with van der Waals surface area (Å²) in [4.78, 5) is 12.0. The number of rotatable bonds is 4. The van der Waals surface area contributed by atoms with Crippen LogP contribution in [-0.2, 0) is 6.54 Å². The van der Waals surface area contributed by atoms with Crippen molar-refractivity contribution in [3.05, 3.63) is 35.7 Å². The van der Waals surface area contributed by atoms with Crippen LogP contribution >= 0.6 is 0 Å². The summed E-state index contributed by atoms with van der Waals surface area (Å²) in [6.07, 6.45) is 3.58. The number of nitrogen functional groups attached to an aromatic ring is 2. The van der Waals surface area contributed by atoms with Crippen molar-refractivity contribution >= 4 is 17.6 Å². The lowest BCUT2D eigenvalue weighted by molar-refractivity contribution is 1.05. The van der Waals surface area contributed by atoms with Gasteiger partial charge in [-0.05, 0) is 24.1 Å². The highest BCUT2D eigenvalue weighted by atomic mass is 15.3. The van der Waals surface area contributed by atoms with Gasteiger partial charge in [-0.15, -0.1) is 0 Å². The van der Waals surface area contributed by atoms with E-state index in [4.69, 9.17) is 11.6 Å². The first-order chi connectivity index (χ1) is 8.69. The monoisotopic (exact) mass is 245 g/mol. The number of nitrogens with zero attached hydrogens (tertiary/aromatic N) is 3. The van der Waals surface area contributed by atoms with Crippen molar-refractivity contribution in [2.75, 3.05) is 16.5 Å². The normalized spacial score (nSPS) is 10.1. The van der Waals surface area contributed by atoms with Crippen molar-refractivity contribution < 1.29 is 0 Å². The minimum atomic E-state index is 0.163. The number of aromatic nitrogens is 3. The van der Waals surface area contributed by atoms with Crippen LogP contribution in [0.15, 0.2) is 24.5 Å². The van der Waals surface area contributed by atoms with Gasteiger partial charge >= 0.3 is 0 Å². The smallest absolute Gasteiger partial charge is 0.223 e. The summed E-state index contributed by atoms with van der Waals surface area (Å²) in [6, 6.07) is 3.64. The molecule has 7 heteroatoms. The Kier molecular flexibility index (Phi) is 3.54. The molecule has 0 spiro atoms. The zero-order chi connectivity index (χ0) is 13.0. The summed E-state index contributed by atoms with van der Waals surface area (Å²) >= 11 is 0. The van der Waals surface area contributed by atoms with E-state index in [0.717, 1.165) is 11.1 Å². The first-order valence-corrected chi connectivity index (χ1v) is 5.43. The minimum absolute atomic E-state index is 0.163. The Morgan fingerprint density at radius 1 is 1.28 bits per heavy atom. The van der Waals surface area contributed by atoms with Crippen LogP contribution in [-0.4, -0.2) is 15.0 Å². The predicted octanol–water partition coefficient (Wildman–Crippen LogP) is 0.660. The Hall–Kier alpha value is -2.41. The van der Waals surface area contributed by atoms with Crippen LogP contribution in [0.4, 0.5) is 17.6 Å². The molecule has 2 heterocycles. The van der Waals surface area contributed by atoms with E-state index in [1.165, 1.54) is 0 Å². The summed E-state index contributed by atoms with van der Waals surface area (Å²) in [5.74, 6) is 6.52. The number of nitrogens with one attached hydrogen (secondary N) is 2. The number of pyridine rings is 1. The van der Waals surface area contributed by atoms with Crippen LogP contribution in [0.2, 0.25) is 0 Å². The third kappa shape index (κ3) is 2.83. The molecule has 7 nitrogen and oxygen atoms in total. The van der Waals surface area contributed by atoms with Gasteiger partial charge in [-0.2, -0.15) is 9.97 Å². The average Bonchev–Trinajstić information content (AvgIpc) is 2.37. The van der Waals surface area contributed by atoms with Crippen molar-refractivity contribution in [2.45, 2.75) is 13.5 Å². The fourth-order valence-corrected chi connectivity index (χ4v) is 1.50. The number of hydrogen-bond donors (Lipinski definition) is 4. The van der Waals surface area contributed by atoms with E-state index in [9.17, 15) is 0 Å². The Balaban J connectivity index is 2.11. The maximum absolute atomic E-state index is 5.56. The first kappa shape index (κ1) is 12.1. The van der Waals surface area contributed by atoms with Crippen molar-refractivity contribution in [1.29, 1.82) is 0 Å². The number of nitrogens with two attached hydrogens (primary N) is 2. The molecule has 0 saturated heterocycles. The zero-order valence-electron chi connectivity index (χ0n) is 10.0. The van der Waals surface area contributed by atoms with Gasteiger partial charge in [0, 0.05) is 25.0 Å². The van der Waals surface area contributed by atoms with Crippen LogP contribution in [0, 0.1) is 6.92 Å². The van der Waals surface area contributed by atoms with Crippen molar-refractivity contribution in [1.82, 2.24) is 15.0 Å². The van der Waals surface area contributed by atoms with Crippen LogP contribution in [0.1, 0.15) is 11.1 Å². The summed E-state index contributed by atoms with van der Waals surface area (Å²) in [7, 11) is 0. The Morgan fingerprint density at radius 2 is 2.06 bits per heavy atom. The lowest BCUT2D eigenvalue weighted by Crippen LogP contribution is -2.12. The molecule has 0 aliphatic carbocycles. The van der Waals surface area contributed by atoms with E-state index >= 15 is 0 Å². The van der Waals surface area contributed by atoms with Gasteiger partial charge in [0.15, 0.2) is 0 Å². The van der Waals surface area contributed by atoms with Crippen LogP contribution in [0.5, 0.6) is 0 Å². The number of aryl methyl sites for hydroxylation is 1. The molecular formula is C11H15N7. The summed E-state index contributed by atoms with van der Waals surface area (Å²) in [5.41, 5.74) is 10.3. The van der Waals surface area contributed by atoms with Crippen molar-refractivity contribution in [3.63, 3.8) is 0 Å². The highest BCUT2D eigenvalue weighted by Crippen LogP contribution is 2.13. The van der Waals surface area contributed by atoms with E-state index < -0.39 is 0 Å². The van der Waals surface area contributed by atoms with Gasteiger partial charge in [-0.25, -0.2) is 5.84 Å². The van der Waals surface area contributed by atoms with E-state index in [1.807, 2.05) is 19.2 Å². The van der Waals surface area contributed by atoms with Crippen molar-refractivity contribution in [3.8, 4) is 0 Å². The third-order valence-electron chi connectivity index (χ3n) is 2.50. The quantitative estimate of drug-likeness (QED) is 0.462. The molecule has 0 saturated carbocycles. The SMILES string of the molecule is Cc1ccncc1CNc1cc(NN)nc(N)n1. The molecule has 0 bridgehead atoms. The molecule has 2 aromatic heterocycles. The third-order valence-corrected chi connectivity index (χ3v) is 2.50. The topological polar surface area (TPSA) is 115 Å². The average molecular weight is 245 g/mol. The van der Waals surface area contributed by atoms with E-state index in [2.05, 4.69) is 25.7 Å². The molecular weight excluding hydrogens is 230 g/mol. The standard InChI is InChI=1S/C11H15N7/c1-7-2-3-14-5-8(7)6-15-9-4-10(18-13)17-11(12)16-9/h2-5H,6,13H2,1H3,(H4,12,15,16,17,18). The maximum atomic E-state index is 5.56. The fourth-order valence-electron chi connectivity index (χ4n) is 1.50. The largest absolute Gasteiger partial charge is 0.368 e. The van der Waals surface area contributed by atoms with E-state index in [1.54, 1.807) is 12.3 Å². The van der Waals surface area contributed by atoms with E-state index in [-0.39, 0.29) is 5.95 Å². The Bertz CT molecular complexity index is 541. The maximum Gasteiger partial charge on any atom is 0.223 e. The number of hydrogen-bond acceptors (Lipinski definition) is 7. The highest BCUT2D eigenvalue weighted by Gasteiger charge is 2.02. The van der Waals surface area contributed by atoms with Gasteiger partial charge < -0.3 is 16.5 Å². The number of anilines is 3. The summed E-state index contributed by atoms with van der Waals surface area (Å²) in [6.45, 7) is 2.64. The van der Waals surface area contributed by atoms with Gasteiger partial charge in [0.05, 0.1) is 0 Å². The molecule has 0 amide bonds. The second-order valence-corrected chi connectivity index (χ2v) is 3.80. The summed E-state index contributed by atoms with van der Waals surface area (Å²) in [5, 5.41) is 3.15. The molecule has 0 aliphatic rings.